The van der Waals surface area contributed by atoms with Gasteiger partial charge < -0.3 is 30.1 Å². The number of nitrogens with zero attached hydrogens (tertiary/aromatic N) is 5. The van der Waals surface area contributed by atoms with Crippen molar-refractivity contribution >= 4 is 40.4 Å². The van der Waals surface area contributed by atoms with Gasteiger partial charge in [-0.2, -0.15) is 0 Å². The highest BCUT2D eigenvalue weighted by Crippen LogP contribution is 2.38. The second-order valence-electron chi connectivity index (χ2n) is 9.43. The summed E-state index contributed by atoms with van der Waals surface area (Å²) < 4.78 is 5.66. The summed E-state index contributed by atoms with van der Waals surface area (Å²) in [6.45, 7) is 11.1. The molecule has 212 valence electrons. The lowest BCUT2D eigenvalue weighted by molar-refractivity contribution is -0.111. The number of carbonyl (C=O) groups excluding carboxylic acids is 2. The largest absolute Gasteiger partial charge is 0.494 e. The van der Waals surface area contributed by atoms with Gasteiger partial charge in [0.1, 0.15) is 11.4 Å². The zero-order chi connectivity index (χ0) is 29.2. The molecule has 0 saturated heterocycles. The van der Waals surface area contributed by atoms with E-state index < -0.39 is 0 Å². The van der Waals surface area contributed by atoms with Gasteiger partial charge in [-0.15, -0.1) is 0 Å². The summed E-state index contributed by atoms with van der Waals surface area (Å²) in [5, 5.41) is 6.02. The number of anilines is 5. The molecule has 0 aliphatic rings. The van der Waals surface area contributed by atoms with Crippen molar-refractivity contribution in [3.8, 4) is 5.75 Å². The third-order valence-electron chi connectivity index (χ3n) is 6.45. The van der Waals surface area contributed by atoms with Gasteiger partial charge in [0.15, 0.2) is 0 Å². The lowest BCUT2D eigenvalue weighted by atomic mass is 10.1. The molecule has 0 aliphatic carbocycles. The van der Waals surface area contributed by atoms with E-state index >= 15 is 0 Å². The number of amides is 1. The first kappa shape index (κ1) is 30.1. The fraction of sp³-hybridized carbons (Fsp3) is 0.333. The van der Waals surface area contributed by atoms with E-state index in [0.717, 1.165) is 37.6 Å². The van der Waals surface area contributed by atoms with Crippen molar-refractivity contribution in [1.29, 1.82) is 0 Å². The van der Waals surface area contributed by atoms with Crippen LogP contribution in [-0.2, 0) is 4.79 Å². The Labute approximate surface area is 236 Å². The fourth-order valence-corrected chi connectivity index (χ4v) is 4.13. The smallest absolute Gasteiger partial charge is 0.247 e. The Kier molecular flexibility index (Phi) is 10.6. The summed E-state index contributed by atoms with van der Waals surface area (Å²) in [5.74, 6) is 0.198. The first-order valence-electron chi connectivity index (χ1n) is 13.2. The molecule has 3 rings (SSSR count). The van der Waals surface area contributed by atoms with Crippen LogP contribution in [0.4, 0.5) is 28.7 Å². The highest BCUT2D eigenvalue weighted by Gasteiger charge is 2.18. The molecule has 3 aromatic rings. The Balaban J connectivity index is 1.91. The van der Waals surface area contributed by atoms with Crippen molar-refractivity contribution in [3.63, 3.8) is 0 Å². The summed E-state index contributed by atoms with van der Waals surface area (Å²) in [5.41, 5.74) is 3.73. The van der Waals surface area contributed by atoms with Crippen LogP contribution in [0.15, 0.2) is 61.3 Å². The summed E-state index contributed by atoms with van der Waals surface area (Å²) in [6.07, 6.45) is 2.75. The standard InChI is InChI=1S/C30H39N7O3/c1-8-28(38)32-24-19-25(27(40-7)20-26(24)36(6)18-17-35(4)5)34-30-31-16-15-23(33-30)29(39)21-11-13-22(14-12-21)37(9-2)10-3/h8,11-16,19-20H,1,9-10,17-18H2,2-7H3,(H,32,38)(H,31,33,34). The number of ketones is 1. The third kappa shape index (κ3) is 7.57. The molecule has 2 aromatic carbocycles. The maximum Gasteiger partial charge on any atom is 0.247 e. The minimum absolute atomic E-state index is 0.208. The van der Waals surface area contributed by atoms with Crippen LogP contribution in [0.2, 0.25) is 0 Å². The Morgan fingerprint density at radius 3 is 2.30 bits per heavy atom. The Hall–Kier alpha value is -4.44. The molecule has 0 radical (unpaired) electrons. The molecule has 0 spiro atoms. The Morgan fingerprint density at radius 1 is 1.00 bits per heavy atom. The predicted molar refractivity (Wildman–Crippen MR) is 162 cm³/mol. The number of nitrogens with one attached hydrogen (secondary N) is 2. The van der Waals surface area contributed by atoms with E-state index in [0.29, 0.717) is 22.7 Å². The van der Waals surface area contributed by atoms with Crippen molar-refractivity contribution in [2.24, 2.45) is 0 Å². The molecular formula is C30H39N7O3. The van der Waals surface area contributed by atoms with Gasteiger partial charge in [0.05, 0.1) is 24.2 Å². The Morgan fingerprint density at radius 2 is 1.70 bits per heavy atom. The maximum absolute atomic E-state index is 13.2. The topological polar surface area (TPSA) is 103 Å². The van der Waals surface area contributed by atoms with E-state index in [1.165, 1.54) is 12.3 Å². The molecule has 10 heteroatoms. The van der Waals surface area contributed by atoms with E-state index in [1.807, 2.05) is 56.4 Å². The van der Waals surface area contributed by atoms with Crippen molar-refractivity contribution in [2.75, 3.05) is 74.9 Å². The molecule has 1 heterocycles. The van der Waals surface area contributed by atoms with Crippen LogP contribution in [0, 0.1) is 0 Å². The van der Waals surface area contributed by atoms with Gasteiger partial charge in [-0.05, 0) is 70.4 Å². The van der Waals surface area contributed by atoms with Gasteiger partial charge in [0.2, 0.25) is 17.6 Å². The van der Waals surface area contributed by atoms with Crippen LogP contribution >= 0.6 is 0 Å². The lowest BCUT2D eigenvalue weighted by Crippen LogP contribution is -2.29. The first-order valence-corrected chi connectivity index (χ1v) is 13.2. The SMILES string of the molecule is C=CC(=O)Nc1cc(Nc2nccc(C(=O)c3ccc(N(CC)CC)cc3)n2)c(OC)cc1N(C)CCN(C)C. The van der Waals surface area contributed by atoms with Gasteiger partial charge in [-0.1, -0.05) is 6.58 Å². The summed E-state index contributed by atoms with van der Waals surface area (Å²) >= 11 is 0. The van der Waals surface area contributed by atoms with Crippen LogP contribution in [0.5, 0.6) is 5.75 Å². The van der Waals surface area contributed by atoms with E-state index in [2.05, 4.69) is 50.8 Å². The molecule has 2 N–H and O–H groups in total. The molecule has 0 unspecified atom stereocenters. The number of ether oxygens (including phenoxy) is 1. The molecule has 0 atom stereocenters. The highest BCUT2D eigenvalue weighted by atomic mass is 16.5. The molecule has 0 aliphatic heterocycles. The van der Waals surface area contributed by atoms with E-state index in [-0.39, 0.29) is 23.3 Å². The van der Waals surface area contributed by atoms with Crippen LogP contribution < -0.4 is 25.2 Å². The monoisotopic (exact) mass is 545 g/mol. The maximum atomic E-state index is 13.2. The van der Waals surface area contributed by atoms with Crippen LogP contribution in [-0.4, -0.2) is 81.0 Å². The Bertz CT molecular complexity index is 1320. The summed E-state index contributed by atoms with van der Waals surface area (Å²) in [7, 11) is 7.51. The average molecular weight is 546 g/mol. The number of aromatic nitrogens is 2. The van der Waals surface area contributed by atoms with Crippen molar-refractivity contribution < 1.29 is 14.3 Å². The van der Waals surface area contributed by atoms with E-state index in [1.54, 1.807) is 19.2 Å². The fourth-order valence-electron chi connectivity index (χ4n) is 4.13. The average Bonchev–Trinajstić information content (AvgIpc) is 2.96. The first-order chi connectivity index (χ1) is 19.2. The van der Waals surface area contributed by atoms with Crippen molar-refractivity contribution in [3.05, 3.63) is 72.6 Å². The normalized spacial score (nSPS) is 10.7. The van der Waals surface area contributed by atoms with E-state index in [9.17, 15) is 9.59 Å². The number of likely N-dealkylation sites (N-methyl/N-ethyl adjacent to an activating group) is 2. The summed E-state index contributed by atoms with van der Waals surface area (Å²) in [4.78, 5) is 40.5. The van der Waals surface area contributed by atoms with Crippen LogP contribution in [0.25, 0.3) is 0 Å². The number of carbonyl (C=O) groups is 2. The van der Waals surface area contributed by atoms with Gasteiger partial charge in [-0.3, -0.25) is 9.59 Å². The molecule has 1 aromatic heterocycles. The minimum atomic E-state index is -0.339. The zero-order valence-corrected chi connectivity index (χ0v) is 24.2. The third-order valence-corrected chi connectivity index (χ3v) is 6.45. The van der Waals surface area contributed by atoms with Crippen molar-refractivity contribution in [1.82, 2.24) is 14.9 Å². The van der Waals surface area contributed by atoms with Gasteiger partial charge in [-0.25, -0.2) is 9.97 Å². The molecule has 0 fully saturated rings. The number of hydrogen-bond donors (Lipinski definition) is 2. The zero-order valence-electron chi connectivity index (χ0n) is 24.2. The van der Waals surface area contributed by atoms with Gasteiger partial charge in [0, 0.05) is 56.7 Å². The molecular weight excluding hydrogens is 506 g/mol. The highest BCUT2D eigenvalue weighted by molar-refractivity contribution is 6.08. The van der Waals surface area contributed by atoms with Gasteiger partial charge >= 0.3 is 0 Å². The van der Waals surface area contributed by atoms with Crippen LogP contribution in [0.1, 0.15) is 29.9 Å². The molecule has 40 heavy (non-hydrogen) atoms. The molecule has 0 saturated carbocycles. The van der Waals surface area contributed by atoms with Gasteiger partial charge in [0.25, 0.3) is 0 Å². The quantitative estimate of drug-likeness (QED) is 0.225. The molecule has 1 amide bonds. The second-order valence-corrected chi connectivity index (χ2v) is 9.43. The number of rotatable bonds is 14. The number of methoxy groups -OCH3 is 1. The van der Waals surface area contributed by atoms with Crippen LogP contribution in [0.3, 0.4) is 0 Å². The predicted octanol–water partition coefficient (Wildman–Crippen LogP) is 4.43. The molecule has 10 nitrogen and oxygen atoms in total. The summed E-state index contributed by atoms with van der Waals surface area (Å²) in [6, 6.07) is 12.7. The lowest BCUT2D eigenvalue weighted by Gasteiger charge is -2.26. The minimum Gasteiger partial charge on any atom is -0.494 e. The number of benzene rings is 2. The van der Waals surface area contributed by atoms with E-state index in [4.69, 9.17) is 4.74 Å². The molecule has 0 bridgehead atoms. The van der Waals surface area contributed by atoms with Crippen molar-refractivity contribution in [2.45, 2.75) is 13.8 Å². The number of hydrogen-bond acceptors (Lipinski definition) is 9. The second kappa shape index (κ2) is 14.1.